The van der Waals surface area contributed by atoms with Crippen LogP contribution in [0.2, 0.25) is 0 Å². The number of hydrogen-bond acceptors (Lipinski definition) is 5. The second-order valence-corrected chi connectivity index (χ2v) is 7.40. The van der Waals surface area contributed by atoms with Crippen molar-refractivity contribution in [2.45, 2.75) is 37.4 Å². The summed E-state index contributed by atoms with van der Waals surface area (Å²) >= 11 is 0. The van der Waals surface area contributed by atoms with Gasteiger partial charge in [-0.1, -0.05) is 18.2 Å². The van der Waals surface area contributed by atoms with Gasteiger partial charge in [0.05, 0.1) is 6.20 Å². The minimum Gasteiger partial charge on any atom is -0.439 e. The molecule has 2 aromatic heterocycles. The highest BCUT2D eigenvalue weighted by molar-refractivity contribution is 6.04. The first-order chi connectivity index (χ1) is 13.7. The molecule has 7 nitrogen and oxygen atoms in total. The number of nitrogens with one attached hydrogen (secondary N) is 3. The van der Waals surface area contributed by atoms with Gasteiger partial charge in [0.2, 0.25) is 5.88 Å². The maximum Gasteiger partial charge on any atom is 0.270 e. The van der Waals surface area contributed by atoms with Gasteiger partial charge in [0.15, 0.2) is 5.58 Å². The van der Waals surface area contributed by atoms with E-state index in [2.05, 4.69) is 20.9 Å². The Hall–Kier alpha value is -3.19. The number of fused-ring (bicyclic) bond motifs is 3. The van der Waals surface area contributed by atoms with E-state index in [1.807, 2.05) is 6.07 Å². The molecule has 0 spiro atoms. The Bertz CT molecular complexity index is 1050. The number of amides is 2. The van der Waals surface area contributed by atoms with Gasteiger partial charge in [-0.25, -0.2) is 4.98 Å². The van der Waals surface area contributed by atoms with E-state index in [-0.39, 0.29) is 17.9 Å². The number of hydrogen-bond donors (Lipinski definition) is 3. The van der Waals surface area contributed by atoms with Gasteiger partial charge < -0.3 is 15.1 Å². The molecule has 5 rings (SSSR count). The second-order valence-electron chi connectivity index (χ2n) is 7.40. The van der Waals surface area contributed by atoms with E-state index in [4.69, 9.17) is 4.42 Å². The normalized spacial score (nSPS) is 23.1. The van der Waals surface area contributed by atoms with Crippen LogP contribution in [-0.2, 0) is 0 Å². The molecule has 2 aliphatic heterocycles. The Balaban J connectivity index is 1.31. The quantitative estimate of drug-likeness (QED) is 0.651. The number of carbonyl (C=O) groups is 2. The van der Waals surface area contributed by atoms with Crippen LogP contribution in [0.3, 0.4) is 0 Å². The molecule has 3 atom stereocenters. The van der Waals surface area contributed by atoms with Gasteiger partial charge in [-0.3, -0.25) is 14.9 Å². The maximum atomic E-state index is 12.6. The van der Waals surface area contributed by atoms with Gasteiger partial charge >= 0.3 is 0 Å². The van der Waals surface area contributed by atoms with Crippen molar-refractivity contribution >= 4 is 28.7 Å². The summed E-state index contributed by atoms with van der Waals surface area (Å²) in [6.07, 6.45) is 4.78. The number of carbonyl (C=O) groups excluding carboxylic acids is 2. The van der Waals surface area contributed by atoms with Crippen molar-refractivity contribution in [3.05, 3.63) is 59.9 Å². The SMILES string of the molecule is O=C(Nc1cc2cc(C(=O)N[C@@H]3C[C@H]4CC[C@@H]3N4)ncc2o1)c1ccccc1. The fourth-order valence-electron chi connectivity index (χ4n) is 4.13. The molecule has 7 heteroatoms. The first kappa shape index (κ1) is 16.9. The Morgan fingerprint density at radius 3 is 2.71 bits per heavy atom. The van der Waals surface area contributed by atoms with Crippen molar-refractivity contribution in [1.82, 2.24) is 15.6 Å². The molecule has 2 saturated heterocycles. The predicted molar refractivity (Wildman–Crippen MR) is 104 cm³/mol. The zero-order valence-corrected chi connectivity index (χ0v) is 15.1. The zero-order valence-electron chi connectivity index (χ0n) is 15.1. The van der Waals surface area contributed by atoms with Gasteiger partial charge in [0.25, 0.3) is 11.8 Å². The molecule has 2 aliphatic rings. The summed E-state index contributed by atoms with van der Waals surface area (Å²) in [5.74, 6) is -0.118. The van der Waals surface area contributed by atoms with Gasteiger partial charge in [-0.15, -0.1) is 0 Å². The summed E-state index contributed by atoms with van der Waals surface area (Å²) < 4.78 is 5.63. The number of benzene rings is 1. The number of anilines is 1. The van der Waals surface area contributed by atoms with E-state index < -0.39 is 0 Å². The lowest BCUT2D eigenvalue weighted by Gasteiger charge is -2.21. The summed E-state index contributed by atoms with van der Waals surface area (Å²) in [6, 6.07) is 13.3. The molecule has 0 unspecified atom stereocenters. The van der Waals surface area contributed by atoms with Gasteiger partial charge in [0.1, 0.15) is 5.69 Å². The van der Waals surface area contributed by atoms with Crippen molar-refractivity contribution < 1.29 is 14.0 Å². The molecule has 2 amide bonds. The molecule has 4 heterocycles. The predicted octanol–water partition coefficient (Wildman–Crippen LogP) is 2.70. The van der Waals surface area contributed by atoms with Crippen LogP contribution >= 0.6 is 0 Å². The highest BCUT2D eigenvalue weighted by Gasteiger charge is 2.39. The van der Waals surface area contributed by atoms with Crippen molar-refractivity contribution in [3.63, 3.8) is 0 Å². The van der Waals surface area contributed by atoms with E-state index in [0.717, 1.165) is 18.2 Å². The Labute approximate surface area is 161 Å². The van der Waals surface area contributed by atoms with Crippen LogP contribution in [0, 0.1) is 0 Å². The molecule has 0 aliphatic carbocycles. The van der Waals surface area contributed by atoms with Crippen LogP contribution < -0.4 is 16.0 Å². The number of aromatic nitrogens is 1. The third kappa shape index (κ3) is 3.14. The molecular weight excluding hydrogens is 356 g/mol. The molecular formula is C21H20N4O3. The summed E-state index contributed by atoms with van der Waals surface area (Å²) in [5, 5.41) is 10.0. The average Bonchev–Trinajstić information content (AvgIpc) is 3.43. The van der Waals surface area contributed by atoms with E-state index >= 15 is 0 Å². The summed E-state index contributed by atoms with van der Waals surface area (Å²) in [5.41, 5.74) is 1.40. The third-order valence-electron chi connectivity index (χ3n) is 5.53. The van der Waals surface area contributed by atoms with E-state index in [1.54, 1.807) is 36.4 Å². The largest absolute Gasteiger partial charge is 0.439 e. The molecule has 0 radical (unpaired) electrons. The lowest BCUT2D eigenvalue weighted by molar-refractivity contribution is 0.0925. The Kier molecular flexibility index (Phi) is 4.09. The fraction of sp³-hybridized carbons (Fsp3) is 0.286. The van der Waals surface area contributed by atoms with Crippen LogP contribution in [0.4, 0.5) is 5.88 Å². The first-order valence-corrected chi connectivity index (χ1v) is 9.48. The molecule has 2 bridgehead atoms. The highest BCUT2D eigenvalue weighted by atomic mass is 16.4. The Morgan fingerprint density at radius 1 is 1.11 bits per heavy atom. The topological polar surface area (TPSA) is 96.3 Å². The monoisotopic (exact) mass is 376 g/mol. The molecule has 1 aromatic carbocycles. The molecule has 3 N–H and O–H groups in total. The lowest BCUT2D eigenvalue weighted by atomic mass is 9.95. The number of furan rings is 1. The zero-order chi connectivity index (χ0) is 19.1. The number of nitrogens with zero attached hydrogens (tertiary/aromatic N) is 1. The number of rotatable bonds is 4. The van der Waals surface area contributed by atoms with Crippen LogP contribution in [0.15, 0.2) is 53.1 Å². The second kappa shape index (κ2) is 6.76. The summed E-state index contributed by atoms with van der Waals surface area (Å²) in [4.78, 5) is 29.1. The van der Waals surface area contributed by atoms with Gasteiger partial charge in [-0.2, -0.15) is 0 Å². The van der Waals surface area contributed by atoms with Crippen molar-refractivity contribution in [1.29, 1.82) is 0 Å². The fourth-order valence-corrected chi connectivity index (χ4v) is 4.13. The smallest absolute Gasteiger partial charge is 0.270 e. The van der Waals surface area contributed by atoms with E-state index in [9.17, 15) is 9.59 Å². The average molecular weight is 376 g/mol. The first-order valence-electron chi connectivity index (χ1n) is 9.48. The molecule has 2 fully saturated rings. The molecule has 142 valence electrons. The van der Waals surface area contributed by atoms with E-state index in [0.29, 0.717) is 34.8 Å². The third-order valence-corrected chi connectivity index (χ3v) is 5.53. The Morgan fingerprint density at radius 2 is 1.96 bits per heavy atom. The van der Waals surface area contributed by atoms with Crippen molar-refractivity contribution in [2.24, 2.45) is 0 Å². The van der Waals surface area contributed by atoms with Crippen LogP contribution in [0.5, 0.6) is 0 Å². The van der Waals surface area contributed by atoms with E-state index in [1.165, 1.54) is 12.6 Å². The van der Waals surface area contributed by atoms with Crippen molar-refractivity contribution in [3.8, 4) is 0 Å². The molecule has 28 heavy (non-hydrogen) atoms. The summed E-state index contributed by atoms with van der Waals surface area (Å²) in [7, 11) is 0. The number of pyridine rings is 1. The lowest BCUT2D eigenvalue weighted by Crippen LogP contribution is -2.43. The standard InChI is InChI=1S/C21H20N4O3/c26-20(12-4-2-1-3-5-12)25-19-9-13-8-17(22-11-18(13)28-19)21(27)24-16-10-14-6-7-15(16)23-14/h1-5,8-9,11,14-16,23H,6-7,10H2,(H,24,27)(H,25,26)/t14-,15+,16-/m1/s1. The highest BCUT2D eigenvalue weighted by Crippen LogP contribution is 2.28. The summed E-state index contributed by atoms with van der Waals surface area (Å²) in [6.45, 7) is 0. The van der Waals surface area contributed by atoms with Crippen LogP contribution in [-0.4, -0.2) is 34.9 Å². The van der Waals surface area contributed by atoms with Crippen LogP contribution in [0.1, 0.15) is 40.1 Å². The minimum atomic E-state index is -0.255. The van der Waals surface area contributed by atoms with Gasteiger partial charge in [-0.05, 0) is 37.5 Å². The van der Waals surface area contributed by atoms with Gasteiger partial charge in [0, 0.05) is 35.1 Å². The van der Waals surface area contributed by atoms with Crippen LogP contribution in [0.25, 0.3) is 11.0 Å². The molecule has 3 aromatic rings. The molecule has 0 saturated carbocycles. The van der Waals surface area contributed by atoms with Crippen molar-refractivity contribution in [2.75, 3.05) is 5.32 Å². The minimum absolute atomic E-state index is 0.161. The maximum absolute atomic E-state index is 12.6.